The molecule has 1 aliphatic rings. The molecule has 0 radical (unpaired) electrons. The predicted octanol–water partition coefficient (Wildman–Crippen LogP) is 7.69. The first kappa shape index (κ1) is 31.9. The summed E-state index contributed by atoms with van der Waals surface area (Å²) in [6.07, 6.45) is 11.1. The Morgan fingerprint density at radius 3 is 2.60 bits per heavy atom. The lowest BCUT2D eigenvalue weighted by Crippen LogP contribution is -2.55. The lowest BCUT2D eigenvalue weighted by atomic mass is 9.98. The van der Waals surface area contributed by atoms with Gasteiger partial charge in [-0.05, 0) is 68.2 Å². The second kappa shape index (κ2) is 15.9. The minimum Gasteiger partial charge on any atom is -0.492 e. The molecule has 0 spiro atoms. The Hall–Kier alpha value is -2.67. The van der Waals surface area contributed by atoms with Crippen molar-refractivity contribution in [2.75, 3.05) is 39.8 Å². The van der Waals surface area contributed by atoms with Gasteiger partial charge >= 0.3 is 0 Å². The molecule has 0 saturated carbocycles. The number of amides is 1. The van der Waals surface area contributed by atoms with Gasteiger partial charge in [0.05, 0.1) is 6.61 Å². The molecule has 1 amide bonds. The van der Waals surface area contributed by atoms with E-state index < -0.39 is 0 Å². The van der Waals surface area contributed by atoms with Gasteiger partial charge in [-0.3, -0.25) is 14.6 Å². The molecule has 2 aromatic rings. The van der Waals surface area contributed by atoms with Gasteiger partial charge in [0.25, 0.3) is 5.91 Å². The van der Waals surface area contributed by atoms with Gasteiger partial charge in [-0.25, -0.2) is 0 Å². The Bertz CT molecular complexity index is 1140. The Kier molecular flexibility index (Phi) is 12.7. The highest BCUT2D eigenvalue weighted by Gasteiger charge is 2.31. The van der Waals surface area contributed by atoms with Gasteiger partial charge in [0.2, 0.25) is 0 Å². The zero-order chi connectivity index (χ0) is 29.1. The number of hydrogen-bond donors (Lipinski definition) is 0. The maximum absolute atomic E-state index is 13.1. The lowest BCUT2D eigenvalue weighted by molar-refractivity contribution is 0.0264. The molecule has 5 nitrogen and oxygen atoms in total. The number of hydrogen-bond acceptors (Lipinski definition) is 5. The van der Waals surface area contributed by atoms with E-state index in [2.05, 4.69) is 86.6 Å². The Morgan fingerprint density at radius 1 is 1.23 bits per heavy atom. The monoisotopic (exact) mass is 563 g/mol. The number of piperazine rings is 1. The highest BCUT2D eigenvalue weighted by Crippen LogP contribution is 2.29. The predicted molar refractivity (Wildman–Crippen MR) is 171 cm³/mol. The van der Waals surface area contributed by atoms with E-state index in [4.69, 9.17) is 4.74 Å². The molecule has 1 fully saturated rings. The summed E-state index contributed by atoms with van der Waals surface area (Å²) in [6.45, 7) is 19.5. The molecule has 0 bridgehead atoms. The number of benzene rings is 1. The quantitative estimate of drug-likeness (QED) is 0.221. The van der Waals surface area contributed by atoms with Crippen LogP contribution in [0, 0.1) is 0 Å². The maximum atomic E-state index is 13.1. The zero-order valence-electron chi connectivity index (χ0n) is 25.4. The van der Waals surface area contributed by atoms with E-state index >= 15 is 0 Å². The molecule has 218 valence electrons. The van der Waals surface area contributed by atoms with Gasteiger partial charge in [0, 0.05) is 51.4 Å². The fourth-order valence-corrected chi connectivity index (χ4v) is 6.48. The molecular weight excluding hydrogens is 514 g/mol. The molecule has 0 aliphatic carbocycles. The van der Waals surface area contributed by atoms with Crippen LogP contribution in [0.2, 0.25) is 0 Å². The van der Waals surface area contributed by atoms with Crippen LogP contribution < -0.4 is 4.74 Å². The van der Waals surface area contributed by atoms with E-state index in [-0.39, 0.29) is 5.91 Å². The third-order valence-corrected chi connectivity index (χ3v) is 8.88. The van der Waals surface area contributed by atoms with Gasteiger partial charge in [-0.2, -0.15) is 0 Å². The second-order valence-corrected chi connectivity index (χ2v) is 11.7. The molecule has 6 heteroatoms. The number of allylic oxidation sites excluding steroid dienone is 5. The van der Waals surface area contributed by atoms with Gasteiger partial charge in [0.15, 0.2) is 0 Å². The number of nitrogens with zero attached hydrogens (tertiary/aromatic N) is 3. The van der Waals surface area contributed by atoms with Crippen LogP contribution in [0.25, 0.3) is 5.57 Å². The van der Waals surface area contributed by atoms with E-state index in [0.717, 1.165) is 51.2 Å². The summed E-state index contributed by atoms with van der Waals surface area (Å²) >= 11 is 1.47. The van der Waals surface area contributed by atoms with Crippen LogP contribution in [0.1, 0.15) is 80.7 Å². The average molecular weight is 564 g/mol. The molecule has 0 N–H and O–H groups in total. The van der Waals surface area contributed by atoms with Crippen LogP contribution in [0.5, 0.6) is 5.75 Å². The summed E-state index contributed by atoms with van der Waals surface area (Å²) in [4.78, 5) is 21.0. The Morgan fingerprint density at radius 2 is 1.98 bits per heavy atom. The van der Waals surface area contributed by atoms with Crippen molar-refractivity contribution < 1.29 is 9.53 Å². The summed E-state index contributed by atoms with van der Waals surface area (Å²) in [6, 6.07) is 12.2. The van der Waals surface area contributed by atoms with Crippen molar-refractivity contribution in [3.8, 4) is 5.75 Å². The SMILES string of the molecule is C=C/C=C(\C=C/C)c1ccc([C@H](C)N2CCN(C(CC)CCN(C)C(=O)c3sccc3OCCC)C[C@H]2C)cc1. The van der Waals surface area contributed by atoms with E-state index in [9.17, 15) is 4.79 Å². The summed E-state index contributed by atoms with van der Waals surface area (Å²) < 4.78 is 5.79. The van der Waals surface area contributed by atoms with Crippen LogP contribution in [-0.2, 0) is 0 Å². The third-order valence-electron chi connectivity index (χ3n) is 7.99. The summed E-state index contributed by atoms with van der Waals surface area (Å²) in [7, 11) is 1.92. The molecule has 1 aromatic heterocycles. The Balaban J connectivity index is 1.56. The summed E-state index contributed by atoms with van der Waals surface area (Å²) in [5.41, 5.74) is 3.74. The minimum atomic E-state index is 0.0619. The van der Waals surface area contributed by atoms with Crippen molar-refractivity contribution in [1.29, 1.82) is 0 Å². The third kappa shape index (κ3) is 8.18. The molecular formula is C34H49N3O2S. The van der Waals surface area contributed by atoms with Crippen molar-refractivity contribution in [3.05, 3.63) is 82.6 Å². The Labute approximate surface area is 246 Å². The molecule has 1 unspecified atom stereocenters. The number of rotatable bonds is 14. The average Bonchev–Trinajstić information content (AvgIpc) is 3.44. The van der Waals surface area contributed by atoms with Crippen molar-refractivity contribution in [3.63, 3.8) is 0 Å². The highest BCUT2D eigenvalue weighted by atomic mass is 32.1. The van der Waals surface area contributed by atoms with Gasteiger partial charge in [-0.1, -0.05) is 69.0 Å². The van der Waals surface area contributed by atoms with Crippen molar-refractivity contribution in [2.24, 2.45) is 0 Å². The number of thiophene rings is 1. The minimum absolute atomic E-state index is 0.0619. The van der Waals surface area contributed by atoms with Crippen LogP contribution in [-0.4, -0.2) is 72.5 Å². The largest absolute Gasteiger partial charge is 0.492 e. The van der Waals surface area contributed by atoms with E-state index in [1.165, 1.54) is 28.0 Å². The molecule has 1 saturated heterocycles. The summed E-state index contributed by atoms with van der Waals surface area (Å²) in [5, 5.41) is 1.94. The molecule has 3 rings (SSSR count). The molecule has 1 aliphatic heterocycles. The standard InChI is InChI=1S/C34H49N3O2S/c1-8-12-29(13-9-2)30-16-14-28(15-17-30)27(6)37-22-21-36(25-26(37)5)31(11-4)18-20-35(7)34(38)33-32(19-24-40-33)39-23-10-3/h8-9,12-17,19,24,26-27,31H,1,10-11,18,20-23,25H2,2-7H3/b13-9-,29-12+/t26-,27+,31?/m1/s1. The second-order valence-electron chi connectivity index (χ2n) is 10.8. The van der Waals surface area contributed by atoms with Gasteiger partial charge in [0.1, 0.15) is 10.6 Å². The molecule has 1 aromatic carbocycles. The topological polar surface area (TPSA) is 36.0 Å². The maximum Gasteiger partial charge on any atom is 0.267 e. The lowest BCUT2D eigenvalue weighted by Gasteiger charge is -2.46. The number of carbonyl (C=O) groups is 1. The van der Waals surface area contributed by atoms with E-state index in [1.54, 1.807) is 0 Å². The van der Waals surface area contributed by atoms with Crippen LogP contribution >= 0.6 is 11.3 Å². The molecule has 40 heavy (non-hydrogen) atoms. The van der Waals surface area contributed by atoms with Crippen LogP contribution in [0.3, 0.4) is 0 Å². The van der Waals surface area contributed by atoms with Gasteiger partial charge in [-0.15, -0.1) is 11.3 Å². The molecule has 2 heterocycles. The van der Waals surface area contributed by atoms with Crippen molar-refractivity contribution in [1.82, 2.24) is 14.7 Å². The normalized spacial score (nSPS) is 18.6. The van der Waals surface area contributed by atoms with Crippen LogP contribution in [0.4, 0.5) is 0 Å². The van der Waals surface area contributed by atoms with E-state index in [0.29, 0.717) is 29.6 Å². The van der Waals surface area contributed by atoms with Crippen molar-refractivity contribution in [2.45, 2.75) is 72.0 Å². The first-order valence-corrected chi connectivity index (χ1v) is 15.7. The highest BCUT2D eigenvalue weighted by molar-refractivity contribution is 7.12. The van der Waals surface area contributed by atoms with Crippen molar-refractivity contribution >= 4 is 22.8 Å². The zero-order valence-corrected chi connectivity index (χ0v) is 26.3. The number of carbonyl (C=O) groups excluding carboxylic acids is 1. The smallest absolute Gasteiger partial charge is 0.267 e. The first-order chi connectivity index (χ1) is 19.3. The number of ether oxygens (including phenoxy) is 1. The first-order valence-electron chi connectivity index (χ1n) is 14.9. The molecule has 3 atom stereocenters. The van der Waals surface area contributed by atoms with E-state index in [1.807, 2.05) is 36.4 Å². The van der Waals surface area contributed by atoms with Gasteiger partial charge < -0.3 is 9.64 Å². The van der Waals surface area contributed by atoms with Crippen LogP contribution in [0.15, 0.2) is 66.6 Å². The summed E-state index contributed by atoms with van der Waals surface area (Å²) in [5.74, 6) is 0.780. The fourth-order valence-electron chi connectivity index (χ4n) is 5.65. The fraction of sp³-hybridized carbons (Fsp3) is 0.500.